The number of carbonyl (C=O) groups is 11. The maximum absolute atomic E-state index is 14.4. The van der Waals surface area contributed by atoms with Crippen molar-refractivity contribution in [2.45, 2.75) is 157 Å². The van der Waals surface area contributed by atoms with E-state index in [1.54, 1.807) is 20.0 Å². The number of aromatic amines is 1. The third-order valence-electron chi connectivity index (χ3n) is 13.8. The van der Waals surface area contributed by atoms with Gasteiger partial charge in [-0.1, -0.05) is 57.7 Å². The summed E-state index contributed by atoms with van der Waals surface area (Å²) in [4.78, 5) is 155. The molecule has 1 aromatic heterocycles. The summed E-state index contributed by atoms with van der Waals surface area (Å²) < 4.78 is -0.558. The second-order valence-corrected chi connectivity index (χ2v) is 21.2. The molecule has 0 spiro atoms. The Balaban J connectivity index is 1.52. The number of aromatic nitrogens is 1. The van der Waals surface area contributed by atoms with Crippen LogP contribution in [0.3, 0.4) is 0 Å². The number of hydrogen-bond donors (Lipinski definition) is 15. The second-order valence-electron chi connectivity index (χ2n) is 19.9. The van der Waals surface area contributed by atoms with Crippen LogP contribution in [0.15, 0.2) is 35.5 Å². The van der Waals surface area contributed by atoms with Crippen LogP contribution in [-0.2, 0) is 59.2 Å². The van der Waals surface area contributed by atoms with E-state index in [4.69, 9.17) is 35.6 Å². The SMILES string of the molecule is CC[C@H](C)[C@H](NC(=O)[C@@H](Cc1c[nH]c2ccccc12)NC(=O)CC1(S)CCCCC1)C(=O)N[C@H](CCC(=O)O)C(=O)N[C@@H](CC(N)=O)C(=O)N[C@@H](CS)C(=O)N1CCC[C@@H]1C(=O)N[C@@H](CCCN=C(N)N)C(=O)NCC(N)=O. The average molecular weight is 1130 g/mol. The lowest BCUT2D eigenvalue weighted by molar-refractivity contribution is -0.142. The van der Waals surface area contributed by atoms with Crippen LogP contribution >= 0.6 is 25.3 Å². The molecule has 1 aliphatic heterocycles. The smallest absolute Gasteiger partial charge is 0.303 e. The minimum atomic E-state index is -1.80. The van der Waals surface area contributed by atoms with E-state index in [0.29, 0.717) is 18.4 Å². The highest BCUT2D eigenvalue weighted by Crippen LogP contribution is 2.36. The molecule has 430 valence electrons. The van der Waals surface area contributed by atoms with E-state index < -0.39 is 144 Å². The van der Waals surface area contributed by atoms with Crippen molar-refractivity contribution in [3.05, 3.63) is 36.0 Å². The Bertz CT molecular complexity index is 2520. The lowest BCUT2D eigenvalue weighted by atomic mass is 9.85. The Hall–Kier alpha value is -7.10. The molecule has 78 heavy (non-hydrogen) atoms. The zero-order valence-corrected chi connectivity index (χ0v) is 45.8. The van der Waals surface area contributed by atoms with Crippen LogP contribution in [0.4, 0.5) is 0 Å². The molecule has 8 atom stereocenters. The first-order valence-electron chi connectivity index (χ1n) is 26.1. The molecule has 2 aliphatic rings. The fourth-order valence-corrected chi connectivity index (χ4v) is 10.1. The Morgan fingerprint density at radius 2 is 1.42 bits per heavy atom. The highest BCUT2D eigenvalue weighted by molar-refractivity contribution is 7.81. The van der Waals surface area contributed by atoms with E-state index in [0.717, 1.165) is 43.0 Å². The number of nitrogens with zero attached hydrogens (tertiary/aromatic N) is 2. The third-order valence-corrected chi connectivity index (χ3v) is 14.8. The van der Waals surface area contributed by atoms with Gasteiger partial charge in [0.2, 0.25) is 59.1 Å². The number of carbonyl (C=O) groups excluding carboxylic acids is 10. The van der Waals surface area contributed by atoms with Gasteiger partial charge in [0.15, 0.2) is 5.96 Å². The van der Waals surface area contributed by atoms with Gasteiger partial charge in [-0.3, -0.25) is 57.7 Å². The number of nitrogens with one attached hydrogen (secondary N) is 8. The first kappa shape index (κ1) is 63.4. The fourth-order valence-electron chi connectivity index (χ4n) is 9.40. The molecule has 2 heterocycles. The number of likely N-dealkylation sites (tertiary alicyclic amines) is 1. The van der Waals surface area contributed by atoms with Crippen molar-refractivity contribution in [3.63, 3.8) is 0 Å². The van der Waals surface area contributed by atoms with E-state index >= 15 is 0 Å². The number of hydrogen-bond acceptors (Lipinski definition) is 14. The molecule has 2 fully saturated rings. The number of amides is 10. The summed E-state index contributed by atoms with van der Waals surface area (Å²) in [7, 11) is 0. The number of nitrogens with two attached hydrogens (primary N) is 4. The van der Waals surface area contributed by atoms with Crippen LogP contribution in [0.25, 0.3) is 10.9 Å². The zero-order chi connectivity index (χ0) is 57.7. The first-order chi connectivity index (χ1) is 36.9. The Morgan fingerprint density at radius 3 is 2.06 bits per heavy atom. The number of primary amides is 2. The van der Waals surface area contributed by atoms with Crippen LogP contribution < -0.4 is 60.2 Å². The van der Waals surface area contributed by atoms with E-state index in [9.17, 15) is 57.8 Å². The first-order valence-corrected chi connectivity index (χ1v) is 27.1. The molecule has 1 saturated heterocycles. The largest absolute Gasteiger partial charge is 0.481 e. The lowest BCUT2D eigenvalue weighted by Gasteiger charge is -2.33. The van der Waals surface area contributed by atoms with Gasteiger partial charge in [0, 0.05) is 60.0 Å². The molecule has 0 bridgehead atoms. The van der Waals surface area contributed by atoms with Crippen molar-refractivity contribution in [1.82, 2.24) is 47.1 Å². The summed E-state index contributed by atoms with van der Waals surface area (Å²) in [6.45, 7) is 3.07. The molecule has 1 aromatic carbocycles. The number of fused-ring (bicyclic) bond motifs is 1. The summed E-state index contributed by atoms with van der Waals surface area (Å²) in [5, 5.41) is 28.4. The molecule has 26 nitrogen and oxygen atoms in total. The minimum absolute atomic E-state index is 0.0258. The van der Waals surface area contributed by atoms with Crippen molar-refractivity contribution < 1.29 is 57.8 Å². The molecule has 4 rings (SSSR count). The summed E-state index contributed by atoms with van der Waals surface area (Å²) >= 11 is 9.10. The second kappa shape index (κ2) is 30.7. The van der Waals surface area contributed by atoms with Gasteiger partial charge in [0.1, 0.15) is 42.3 Å². The molecule has 0 radical (unpaired) electrons. The number of carboxylic acids is 1. The van der Waals surface area contributed by atoms with E-state index in [-0.39, 0.29) is 56.9 Å². The highest BCUT2D eigenvalue weighted by Gasteiger charge is 2.41. The quantitative estimate of drug-likeness (QED) is 0.0168. The predicted octanol–water partition coefficient (Wildman–Crippen LogP) is -2.00. The molecule has 2 aromatic rings. The van der Waals surface area contributed by atoms with Gasteiger partial charge in [-0.15, -0.1) is 0 Å². The van der Waals surface area contributed by atoms with Gasteiger partial charge in [-0.25, -0.2) is 0 Å². The molecule has 1 aliphatic carbocycles. The highest BCUT2D eigenvalue weighted by atomic mass is 32.1. The summed E-state index contributed by atoms with van der Waals surface area (Å²) in [5.41, 5.74) is 23.0. The topological polar surface area (TPSA) is 428 Å². The number of carboxylic acid groups (broad SMARTS) is 1. The number of aliphatic carboxylic acids is 1. The summed E-state index contributed by atoms with van der Waals surface area (Å²) in [6.07, 6.45) is 5.18. The van der Waals surface area contributed by atoms with Crippen LogP contribution in [0, 0.1) is 5.92 Å². The molecule has 10 amide bonds. The number of guanidine groups is 1. The van der Waals surface area contributed by atoms with E-state index in [2.05, 4.69) is 59.8 Å². The summed E-state index contributed by atoms with van der Waals surface area (Å²) in [6, 6.07) is -2.40. The minimum Gasteiger partial charge on any atom is -0.481 e. The predicted molar refractivity (Wildman–Crippen MR) is 294 cm³/mol. The van der Waals surface area contributed by atoms with Crippen molar-refractivity contribution >= 4 is 107 Å². The molecular formula is C50H76N14O12S2. The maximum atomic E-state index is 14.4. The van der Waals surface area contributed by atoms with Gasteiger partial charge in [0.05, 0.1) is 13.0 Å². The number of aliphatic imine (C=N–C) groups is 1. The van der Waals surface area contributed by atoms with Gasteiger partial charge in [-0.05, 0) is 62.5 Å². The summed E-state index contributed by atoms with van der Waals surface area (Å²) in [5.74, 6) is -10.9. The third kappa shape index (κ3) is 19.7. The van der Waals surface area contributed by atoms with Crippen LogP contribution in [0.5, 0.6) is 0 Å². The number of thiol groups is 2. The number of H-pyrrole nitrogens is 1. The lowest BCUT2D eigenvalue weighted by Crippen LogP contribution is -2.61. The monoisotopic (exact) mass is 1130 g/mol. The molecule has 17 N–H and O–H groups in total. The standard InChI is InChI=1S/C50H76N14O12S2/c1-3-27(2)41(63-45(73)33(21-28-24-56-30-12-6-5-11-29(28)30)58-39(67)23-50(78)17-7-4-8-18-50)47(75)60-32(15-16-40(68)69)43(71)61-34(22-37(51)65)44(72)62-35(26-77)48(76)64-20-10-14-36(64)46(74)59-31(13-9-19-55-49(53)54)42(70)57-25-38(52)66/h5-6,11-12,24,27,31-36,41,56,77-78H,3-4,7-10,13-23,25-26H2,1-2H3,(H2,51,65)(H2,52,66)(H,57,70)(H,58,67)(H,59,74)(H,60,75)(H,61,71)(H,62,72)(H,63,73)(H,68,69)(H4,53,54,55)/t27-,31-,32+,33+,34-,35-,36+,41-/m0/s1. The number of rotatable bonds is 31. The number of para-hydroxylation sites is 1. The van der Waals surface area contributed by atoms with Crippen LogP contribution in [0.2, 0.25) is 0 Å². The van der Waals surface area contributed by atoms with Gasteiger partial charge < -0.3 is 75.1 Å². The van der Waals surface area contributed by atoms with Gasteiger partial charge >= 0.3 is 5.97 Å². The van der Waals surface area contributed by atoms with Crippen molar-refractivity contribution in [3.8, 4) is 0 Å². The van der Waals surface area contributed by atoms with E-state index in [1.165, 1.54) is 4.90 Å². The fraction of sp³-hybridized carbons (Fsp3) is 0.600. The van der Waals surface area contributed by atoms with Gasteiger partial charge in [-0.2, -0.15) is 25.3 Å². The zero-order valence-electron chi connectivity index (χ0n) is 44.0. The average Bonchev–Trinajstić information content (AvgIpc) is 4.07. The van der Waals surface area contributed by atoms with E-state index in [1.807, 2.05) is 24.3 Å². The maximum Gasteiger partial charge on any atom is 0.303 e. The Morgan fingerprint density at radius 1 is 0.782 bits per heavy atom. The Labute approximate surface area is 462 Å². The molecule has 1 saturated carbocycles. The molecule has 28 heteroatoms. The van der Waals surface area contributed by atoms with Crippen molar-refractivity contribution in [2.75, 3.05) is 25.4 Å². The van der Waals surface area contributed by atoms with Crippen LogP contribution in [-0.4, -0.2) is 158 Å². The number of benzene rings is 1. The Kier molecular flexibility index (Phi) is 25.0. The van der Waals surface area contributed by atoms with Gasteiger partial charge in [0.25, 0.3) is 0 Å². The normalized spacial score (nSPS) is 17.5. The van der Waals surface area contributed by atoms with Crippen molar-refractivity contribution in [2.24, 2.45) is 33.8 Å². The van der Waals surface area contributed by atoms with Crippen LogP contribution in [0.1, 0.15) is 109 Å². The van der Waals surface area contributed by atoms with Crippen molar-refractivity contribution in [1.29, 1.82) is 0 Å². The molecular weight excluding hydrogens is 1050 g/mol. The molecule has 0 unspecified atom stereocenters.